The normalized spacial score (nSPS) is 10.8. The van der Waals surface area contributed by atoms with Crippen molar-refractivity contribution in [1.29, 1.82) is 0 Å². The Morgan fingerprint density at radius 1 is 0.579 bits per heavy atom. The third-order valence-electron chi connectivity index (χ3n) is 7.83. The van der Waals surface area contributed by atoms with Crippen molar-refractivity contribution < 1.29 is 15.0 Å². The maximum atomic E-state index is 10.9. The minimum Gasteiger partial charge on any atom is -0.506 e. The summed E-state index contributed by atoms with van der Waals surface area (Å²) in [4.78, 5) is 26.6. The lowest BCUT2D eigenvalue weighted by Crippen LogP contribution is -2.14. The van der Waals surface area contributed by atoms with Crippen LogP contribution in [0.2, 0.25) is 30.1 Å². The minimum atomic E-state index is -0.508. The fourth-order valence-corrected chi connectivity index (χ4v) is 6.10. The first-order valence-electron chi connectivity index (χ1n) is 16.6. The molecule has 0 aliphatic rings. The van der Waals surface area contributed by atoms with Crippen LogP contribution in [0.15, 0.2) is 140 Å². The van der Waals surface area contributed by atoms with Gasteiger partial charge in [-0.2, -0.15) is 0 Å². The Balaban J connectivity index is 0.000000173. The molecule has 0 amide bonds. The second-order valence-electron chi connectivity index (χ2n) is 11.7. The number of nitrogen functional groups attached to an aromatic ring is 1. The molecule has 8 aromatic rings. The van der Waals surface area contributed by atoms with Gasteiger partial charge in [-0.1, -0.05) is 106 Å². The van der Waals surface area contributed by atoms with Crippen molar-refractivity contribution in [2.75, 3.05) is 11.1 Å². The van der Waals surface area contributed by atoms with Crippen molar-refractivity contribution in [2.24, 2.45) is 0 Å². The van der Waals surface area contributed by atoms with Crippen LogP contribution in [0.1, 0.15) is 27.5 Å². The average molecular weight is 879 g/mol. The number of nitrogens with zero attached hydrogens (tertiary/aromatic N) is 4. The number of para-hydroxylation sites is 1. The van der Waals surface area contributed by atoms with Gasteiger partial charge in [-0.05, 0) is 84.4 Å². The van der Waals surface area contributed by atoms with E-state index in [-0.39, 0.29) is 11.5 Å². The Hall–Kier alpha value is -5.39. The fourth-order valence-electron chi connectivity index (χ4n) is 5.13. The third-order valence-corrected chi connectivity index (χ3v) is 9.43. The van der Waals surface area contributed by atoms with Gasteiger partial charge in [0.15, 0.2) is 6.29 Å². The summed E-state index contributed by atoms with van der Waals surface area (Å²) in [7, 11) is 0. The predicted octanol–water partition coefficient (Wildman–Crippen LogP) is 12.6. The highest BCUT2D eigenvalue weighted by Crippen LogP contribution is 2.39. The number of hydrogen-bond acceptors (Lipinski definition) is 9. The van der Waals surface area contributed by atoms with Crippen LogP contribution in [0.5, 0.6) is 11.5 Å². The number of rotatable bonds is 5. The number of anilines is 2. The molecular formula is C42H30Cl6N6O3. The average Bonchev–Trinajstić information content (AvgIpc) is 3.22. The van der Waals surface area contributed by atoms with Crippen LogP contribution in [0.4, 0.5) is 11.6 Å². The number of phenols is 2. The Kier molecular flexibility index (Phi) is 15.5. The van der Waals surface area contributed by atoms with E-state index in [4.69, 9.17) is 75.3 Å². The molecule has 4 heterocycles. The molecule has 5 N–H and O–H groups in total. The van der Waals surface area contributed by atoms with Gasteiger partial charge in [-0.3, -0.25) is 14.8 Å². The Morgan fingerprint density at radius 3 is 1.77 bits per heavy atom. The zero-order valence-electron chi connectivity index (χ0n) is 29.4. The van der Waals surface area contributed by atoms with Gasteiger partial charge in [0, 0.05) is 61.8 Å². The predicted molar refractivity (Wildman–Crippen MR) is 233 cm³/mol. The standard InChI is InChI=1S/C21H14Cl3N3O.C9H7NO.C7H4Cl2O.C5H5ClN2/c22-13-4-7-17(24)16(10-13)20(27-18-8-5-14(23)11-26-18)15-6-3-12-2-1-9-25-19(12)21(15)28;11-8-5-1-3-7-4-2-6-10-9(7)8;8-6-1-2-7(9)5(3-6)4-10;6-4-1-2-5(7)8-3-4/h1-11,20,28H,(H,26,27);1-6,11H;1-4H;1-3H,(H2,7,8). The van der Waals surface area contributed by atoms with E-state index in [0.29, 0.717) is 75.8 Å². The Bertz CT molecular complexity index is 2570. The number of nitrogens with one attached hydrogen (secondary N) is 1. The van der Waals surface area contributed by atoms with Gasteiger partial charge < -0.3 is 21.3 Å². The summed E-state index contributed by atoms with van der Waals surface area (Å²) in [5, 5.41) is 28.5. The Morgan fingerprint density at radius 2 is 1.18 bits per heavy atom. The molecule has 0 radical (unpaired) electrons. The number of pyridine rings is 4. The van der Waals surface area contributed by atoms with Gasteiger partial charge in [0.2, 0.25) is 0 Å². The highest BCUT2D eigenvalue weighted by atomic mass is 35.5. The van der Waals surface area contributed by atoms with Gasteiger partial charge >= 0.3 is 0 Å². The van der Waals surface area contributed by atoms with Crippen LogP contribution in [-0.4, -0.2) is 36.4 Å². The van der Waals surface area contributed by atoms with Crippen LogP contribution in [0, 0.1) is 0 Å². The van der Waals surface area contributed by atoms with E-state index in [1.807, 2.05) is 42.5 Å². The van der Waals surface area contributed by atoms with E-state index in [1.165, 1.54) is 12.3 Å². The lowest BCUT2D eigenvalue weighted by atomic mass is 9.96. The number of nitrogens with two attached hydrogens (primary N) is 1. The second kappa shape index (κ2) is 20.7. The summed E-state index contributed by atoms with van der Waals surface area (Å²) < 4.78 is 0. The summed E-state index contributed by atoms with van der Waals surface area (Å²) in [5.74, 6) is 1.38. The summed E-state index contributed by atoms with van der Waals surface area (Å²) in [5.41, 5.74) is 8.16. The summed E-state index contributed by atoms with van der Waals surface area (Å²) in [6, 6.07) is 32.9. The molecule has 1 unspecified atom stereocenters. The van der Waals surface area contributed by atoms with Crippen molar-refractivity contribution in [2.45, 2.75) is 6.04 Å². The van der Waals surface area contributed by atoms with Crippen molar-refractivity contribution in [1.82, 2.24) is 19.9 Å². The number of halogens is 6. The van der Waals surface area contributed by atoms with Gasteiger partial charge in [0.05, 0.1) is 21.1 Å². The smallest absolute Gasteiger partial charge is 0.151 e. The van der Waals surface area contributed by atoms with E-state index in [2.05, 4.69) is 25.3 Å². The molecule has 15 heteroatoms. The van der Waals surface area contributed by atoms with E-state index >= 15 is 0 Å². The summed E-state index contributed by atoms with van der Waals surface area (Å²) in [6.07, 6.45) is 7.04. The zero-order chi connectivity index (χ0) is 40.9. The maximum absolute atomic E-state index is 10.9. The van der Waals surface area contributed by atoms with Gasteiger partial charge in [-0.15, -0.1) is 0 Å². The topological polar surface area (TPSA) is 147 Å². The summed E-state index contributed by atoms with van der Waals surface area (Å²) in [6.45, 7) is 0. The number of phenolic OH excluding ortho intramolecular Hbond substituents is 2. The van der Waals surface area contributed by atoms with E-state index in [9.17, 15) is 15.0 Å². The molecule has 0 bridgehead atoms. The van der Waals surface area contributed by atoms with Gasteiger partial charge in [0.1, 0.15) is 34.2 Å². The monoisotopic (exact) mass is 876 g/mol. The SMILES string of the molecule is Nc1ccc(Cl)cn1.O=Cc1cc(Cl)ccc1Cl.Oc1c(C(Nc2ccc(Cl)cn2)c2cc(Cl)ccc2Cl)ccc2cccnc12.Oc1cccc2cccnc12. The van der Waals surface area contributed by atoms with E-state index in [0.717, 1.165) is 10.8 Å². The molecule has 0 spiro atoms. The van der Waals surface area contributed by atoms with Crippen molar-refractivity contribution in [3.05, 3.63) is 187 Å². The zero-order valence-corrected chi connectivity index (χ0v) is 33.9. The highest BCUT2D eigenvalue weighted by molar-refractivity contribution is 6.35. The first-order valence-corrected chi connectivity index (χ1v) is 18.9. The van der Waals surface area contributed by atoms with Crippen LogP contribution in [-0.2, 0) is 0 Å². The lowest BCUT2D eigenvalue weighted by Gasteiger charge is -2.23. The number of fused-ring (bicyclic) bond motifs is 2. The molecule has 9 nitrogen and oxygen atoms in total. The number of carbonyl (C=O) groups is 1. The molecule has 4 aromatic heterocycles. The molecule has 1 atom stereocenters. The van der Waals surface area contributed by atoms with Crippen molar-refractivity contribution >= 4 is 109 Å². The number of benzene rings is 4. The van der Waals surface area contributed by atoms with E-state index < -0.39 is 6.04 Å². The van der Waals surface area contributed by atoms with Crippen LogP contribution in [0.25, 0.3) is 21.8 Å². The summed E-state index contributed by atoms with van der Waals surface area (Å²) >= 11 is 35.3. The first kappa shape index (κ1) is 42.7. The number of aromatic nitrogens is 4. The molecule has 57 heavy (non-hydrogen) atoms. The van der Waals surface area contributed by atoms with Crippen molar-refractivity contribution in [3.8, 4) is 11.5 Å². The fraction of sp³-hybridized carbons (Fsp3) is 0.0238. The number of aldehydes is 1. The molecule has 8 rings (SSSR count). The number of hydrogen-bond donors (Lipinski definition) is 4. The van der Waals surface area contributed by atoms with Crippen LogP contribution in [0.3, 0.4) is 0 Å². The molecule has 0 aliphatic carbocycles. The molecule has 288 valence electrons. The van der Waals surface area contributed by atoms with Gasteiger partial charge in [-0.25, -0.2) is 9.97 Å². The molecule has 0 saturated heterocycles. The molecule has 4 aromatic carbocycles. The molecule has 0 saturated carbocycles. The van der Waals surface area contributed by atoms with Crippen LogP contribution >= 0.6 is 69.6 Å². The molecule has 0 fully saturated rings. The first-order chi connectivity index (χ1) is 27.4. The lowest BCUT2D eigenvalue weighted by molar-refractivity contribution is 0.112. The minimum absolute atomic E-state index is 0.0700. The largest absolute Gasteiger partial charge is 0.506 e. The highest BCUT2D eigenvalue weighted by Gasteiger charge is 2.23. The number of aromatic hydroxyl groups is 2. The van der Waals surface area contributed by atoms with Crippen LogP contribution < -0.4 is 11.1 Å². The van der Waals surface area contributed by atoms with Gasteiger partial charge in [0.25, 0.3) is 0 Å². The number of carbonyl (C=O) groups excluding carboxylic acids is 1. The maximum Gasteiger partial charge on any atom is 0.151 e. The third kappa shape index (κ3) is 12.1. The van der Waals surface area contributed by atoms with E-state index in [1.54, 1.807) is 85.3 Å². The second-order valence-corrected chi connectivity index (χ2v) is 14.3. The quantitative estimate of drug-likeness (QED) is 0.124. The molecular weight excluding hydrogens is 849 g/mol. The van der Waals surface area contributed by atoms with Crippen molar-refractivity contribution in [3.63, 3.8) is 0 Å². The molecule has 0 aliphatic heterocycles. The Labute approximate surface area is 357 Å².